The number of halogens is 1. The first-order valence-corrected chi connectivity index (χ1v) is 9.39. The fourth-order valence-corrected chi connectivity index (χ4v) is 3.03. The summed E-state index contributed by atoms with van der Waals surface area (Å²) < 4.78 is 10.5. The number of esters is 1. The molecular formula is C22H20ClNO5. The van der Waals surface area contributed by atoms with Crippen molar-refractivity contribution in [1.29, 1.82) is 0 Å². The summed E-state index contributed by atoms with van der Waals surface area (Å²) in [5, 5.41) is 3.71. The molecule has 1 N–H and O–H groups in total. The van der Waals surface area contributed by atoms with Gasteiger partial charge in [0.05, 0.1) is 0 Å². The van der Waals surface area contributed by atoms with E-state index in [0.29, 0.717) is 27.1 Å². The topological polar surface area (TPSA) is 85.6 Å². The lowest BCUT2D eigenvalue weighted by Crippen LogP contribution is -2.39. The molecule has 0 aliphatic carbocycles. The van der Waals surface area contributed by atoms with Gasteiger partial charge in [-0.15, -0.1) is 0 Å². The maximum absolute atomic E-state index is 12.3. The fraction of sp³-hybridized carbons (Fsp3) is 0.227. The fourth-order valence-electron chi connectivity index (χ4n) is 2.87. The molecule has 0 radical (unpaired) electrons. The van der Waals surface area contributed by atoms with Gasteiger partial charge in [0.1, 0.15) is 18.2 Å². The molecule has 0 fully saturated rings. The van der Waals surface area contributed by atoms with Gasteiger partial charge in [0, 0.05) is 27.6 Å². The van der Waals surface area contributed by atoms with Gasteiger partial charge in [0.2, 0.25) is 0 Å². The lowest BCUT2D eigenvalue weighted by Gasteiger charge is -2.14. The van der Waals surface area contributed by atoms with Crippen LogP contribution in [-0.4, -0.2) is 17.9 Å². The van der Waals surface area contributed by atoms with Crippen molar-refractivity contribution in [3.63, 3.8) is 0 Å². The van der Waals surface area contributed by atoms with Crippen molar-refractivity contribution in [3.05, 3.63) is 80.2 Å². The second-order valence-electron chi connectivity index (χ2n) is 6.86. The molecule has 150 valence electrons. The molecule has 3 aromatic rings. The molecule has 0 aliphatic heterocycles. The highest BCUT2D eigenvalue weighted by Crippen LogP contribution is 2.25. The van der Waals surface area contributed by atoms with Crippen LogP contribution < -0.4 is 10.9 Å². The van der Waals surface area contributed by atoms with Gasteiger partial charge >= 0.3 is 11.6 Å². The Bertz CT molecular complexity index is 1150. The van der Waals surface area contributed by atoms with E-state index in [1.807, 2.05) is 13.0 Å². The Morgan fingerprint density at radius 3 is 2.66 bits per heavy atom. The van der Waals surface area contributed by atoms with Gasteiger partial charge in [-0.3, -0.25) is 4.79 Å². The maximum Gasteiger partial charge on any atom is 0.336 e. The zero-order valence-corrected chi connectivity index (χ0v) is 17.0. The van der Waals surface area contributed by atoms with Gasteiger partial charge in [0.15, 0.2) is 0 Å². The summed E-state index contributed by atoms with van der Waals surface area (Å²) in [5.74, 6) is -0.989. The number of nitrogens with one attached hydrogen (secondary N) is 1. The van der Waals surface area contributed by atoms with Gasteiger partial charge in [-0.05, 0) is 50.6 Å². The standard InChI is InChI=1S/C22H20ClNO5/c1-12-5-4-6-15(7-12)21(26)24-14(3)22(27)28-11-16-9-20(25)29-19-8-13(2)18(23)10-17(16)19/h4-10,14H,11H2,1-3H3,(H,24,26)/t14-/m0/s1. The van der Waals surface area contributed by atoms with Crippen LogP contribution in [0.4, 0.5) is 0 Å². The number of amides is 1. The Hall–Kier alpha value is -3.12. The molecule has 0 bridgehead atoms. The number of benzene rings is 2. The minimum Gasteiger partial charge on any atom is -0.459 e. The lowest BCUT2D eigenvalue weighted by atomic mass is 10.1. The molecule has 0 spiro atoms. The lowest BCUT2D eigenvalue weighted by molar-refractivity contribution is -0.146. The summed E-state index contributed by atoms with van der Waals surface area (Å²) in [7, 11) is 0. The third-order valence-electron chi connectivity index (χ3n) is 4.46. The average molecular weight is 414 g/mol. The van der Waals surface area contributed by atoms with E-state index in [0.717, 1.165) is 11.1 Å². The van der Waals surface area contributed by atoms with E-state index in [9.17, 15) is 14.4 Å². The highest BCUT2D eigenvalue weighted by molar-refractivity contribution is 6.32. The molecule has 0 aliphatic rings. The largest absolute Gasteiger partial charge is 0.459 e. The van der Waals surface area contributed by atoms with E-state index in [1.54, 1.807) is 37.3 Å². The van der Waals surface area contributed by atoms with Crippen molar-refractivity contribution in [1.82, 2.24) is 5.32 Å². The number of ether oxygens (including phenoxy) is 1. The van der Waals surface area contributed by atoms with Crippen molar-refractivity contribution in [3.8, 4) is 0 Å². The Balaban J connectivity index is 1.71. The van der Waals surface area contributed by atoms with Crippen LogP contribution >= 0.6 is 11.6 Å². The minimum absolute atomic E-state index is 0.148. The number of carbonyl (C=O) groups excluding carboxylic acids is 2. The average Bonchev–Trinajstić information content (AvgIpc) is 2.67. The molecule has 29 heavy (non-hydrogen) atoms. The van der Waals surface area contributed by atoms with Crippen LogP contribution in [-0.2, 0) is 16.1 Å². The summed E-state index contributed by atoms with van der Waals surface area (Å²) in [6.07, 6.45) is 0. The maximum atomic E-state index is 12.3. The van der Waals surface area contributed by atoms with Gasteiger partial charge < -0.3 is 14.5 Å². The molecular weight excluding hydrogens is 394 g/mol. The molecule has 0 saturated carbocycles. The van der Waals surface area contributed by atoms with E-state index >= 15 is 0 Å². The van der Waals surface area contributed by atoms with Crippen LogP contribution in [0.5, 0.6) is 0 Å². The number of hydrogen-bond acceptors (Lipinski definition) is 5. The SMILES string of the molecule is Cc1cccc(C(=O)N[C@@H](C)C(=O)OCc2cc(=O)oc3cc(C)c(Cl)cc23)c1. The van der Waals surface area contributed by atoms with E-state index in [1.165, 1.54) is 13.0 Å². The summed E-state index contributed by atoms with van der Waals surface area (Å²) in [6.45, 7) is 5.06. The Kier molecular flexibility index (Phi) is 6.03. The number of carbonyl (C=O) groups is 2. The summed E-state index contributed by atoms with van der Waals surface area (Å²) in [6, 6.07) is 10.8. The van der Waals surface area contributed by atoms with Crippen molar-refractivity contribution < 1.29 is 18.7 Å². The molecule has 1 atom stereocenters. The van der Waals surface area contributed by atoms with Crippen molar-refractivity contribution in [2.45, 2.75) is 33.4 Å². The second kappa shape index (κ2) is 8.49. The van der Waals surface area contributed by atoms with Crippen LogP contribution in [0.25, 0.3) is 11.0 Å². The number of hydrogen-bond donors (Lipinski definition) is 1. The van der Waals surface area contributed by atoms with Crippen molar-refractivity contribution >= 4 is 34.4 Å². The van der Waals surface area contributed by atoms with Crippen LogP contribution in [0.3, 0.4) is 0 Å². The quantitative estimate of drug-likeness (QED) is 0.506. The van der Waals surface area contributed by atoms with Crippen LogP contribution in [0, 0.1) is 13.8 Å². The van der Waals surface area contributed by atoms with Gasteiger partial charge in [-0.2, -0.15) is 0 Å². The predicted molar refractivity (Wildman–Crippen MR) is 110 cm³/mol. The van der Waals surface area contributed by atoms with Crippen LogP contribution in [0.2, 0.25) is 5.02 Å². The molecule has 2 aromatic carbocycles. The summed E-state index contributed by atoms with van der Waals surface area (Å²) >= 11 is 6.16. The van der Waals surface area contributed by atoms with Gasteiger partial charge in [0.25, 0.3) is 5.91 Å². The number of aryl methyl sites for hydroxylation is 2. The molecule has 3 rings (SSSR count). The molecule has 0 saturated heterocycles. The van der Waals surface area contributed by atoms with Crippen molar-refractivity contribution in [2.75, 3.05) is 0 Å². The van der Waals surface area contributed by atoms with E-state index in [-0.39, 0.29) is 12.5 Å². The smallest absolute Gasteiger partial charge is 0.336 e. The Morgan fingerprint density at radius 1 is 1.17 bits per heavy atom. The molecule has 1 heterocycles. The molecule has 1 aromatic heterocycles. The van der Waals surface area contributed by atoms with E-state index < -0.39 is 17.6 Å². The predicted octanol–water partition coefficient (Wildman–Crippen LogP) is 3.92. The summed E-state index contributed by atoms with van der Waals surface area (Å²) in [4.78, 5) is 36.4. The van der Waals surface area contributed by atoms with Crippen molar-refractivity contribution in [2.24, 2.45) is 0 Å². The summed E-state index contributed by atoms with van der Waals surface area (Å²) in [5.41, 5.74) is 2.46. The monoisotopic (exact) mass is 413 g/mol. The van der Waals surface area contributed by atoms with Crippen LogP contribution in [0.15, 0.2) is 51.7 Å². The Morgan fingerprint density at radius 2 is 1.93 bits per heavy atom. The third kappa shape index (κ3) is 4.84. The normalized spacial score (nSPS) is 11.9. The third-order valence-corrected chi connectivity index (χ3v) is 4.87. The van der Waals surface area contributed by atoms with Crippen LogP contribution in [0.1, 0.15) is 34.0 Å². The van der Waals surface area contributed by atoms with E-state index in [4.69, 9.17) is 20.8 Å². The zero-order valence-electron chi connectivity index (χ0n) is 16.2. The number of rotatable bonds is 5. The molecule has 7 heteroatoms. The highest BCUT2D eigenvalue weighted by atomic mass is 35.5. The van der Waals surface area contributed by atoms with Gasteiger partial charge in [-0.1, -0.05) is 29.3 Å². The second-order valence-corrected chi connectivity index (χ2v) is 7.27. The van der Waals surface area contributed by atoms with E-state index in [2.05, 4.69) is 5.32 Å². The highest BCUT2D eigenvalue weighted by Gasteiger charge is 2.19. The molecule has 1 amide bonds. The van der Waals surface area contributed by atoms with Gasteiger partial charge in [-0.25, -0.2) is 9.59 Å². The Labute approximate surface area is 172 Å². The first-order chi connectivity index (χ1) is 13.7. The first kappa shape index (κ1) is 20.6. The minimum atomic E-state index is -0.861. The first-order valence-electron chi connectivity index (χ1n) is 9.01. The molecule has 6 nitrogen and oxygen atoms in total. The molecule has 0 unspecified atom stereocenters. The zero-order chi connectivity index (χ0) is 21.1. The number of fused-ring (bicyclic) bond motifs is 1.